The summed E-state index contributed by atoms with van der Waals surface area (Å²) in [7, 11) is 3.25. The number of hydrogen-bond donors (Lipinski definition) is 1. The number of halogens is 1. The summed E-state index contributed by atoms with van der Waals surface area (Å²) in [5, 5.41) is 13.4. The van der Waals surface area contributed by atoms with E-state index in [2.05, 4.69) is 10.3 Å². The van der Waals surface area contributed by atoms with Crippen LogP contribution >= 0.6 is 22.9 Å². The number of carbonyl (C=O) groups excluding carboxylic acids is 2. The number of carbonyl (C=O) groups is 2. The van der Waals surface area contributed by atoms with Crippen LogP contribution in [0.2, 0.25) is 5.02 Å². The van der Waals surface area contributed by atoms with E-state index in [1.165, 1.54) is 17.0 Å². The van der Waals surface area contributed by atoms with Gasteiger partial charge in [-0.05, 0) is 19.1 Å². The summed E-state index contributed by atoms with van der Waals surface area (Å²) < 4.78 is 0. The normalized spacial score (nSPS) is 10.3. The fraction of sp³-hybridized carbons (Fsp3) is 0.214. The van der Waals surface area contributed by atoms with E-state index in [9.17, 15) is 19.7 Å². The highest BCUT2D eigenvalue weighted by Gasteiger charge is 2.19. The van der Waals surface area contributed by atoms with E-state index in [0.717, 1.165) is 17.4 Å². The topological polar surface area (TPSA) is 105 Å². The predicted octanol–water partition coefficient (Wildman–Crippen LogP) is 2.97. The van der Waals surface area contributed by atoms with Gasteiger partial charge in [-0.25, -0.2) is 4.98 Å². The summed E-state index contributed by atoms with van der Waals surface area (Å²) in [6.45, 7) is 1.67. The van der Waals surface area contributed by atoms with Crippen molar-refractivity contribution in [2.45, 2.75) is 6.92 Å². The van der Waals surface area contributed by atoms with Crippen molar-refractivity contribution in [2.24, 2.45) is 0 Å². The van der Waals surface area contributed by atoms with E-state index in [1.807, 2.05) is 0 Å². The number of thiazole rings is 1. The van der Waals surface area contributed by atoms with Gasteiger partial charge < -0.3 is 4.90 Å². The molecule has 1 aromatic carbocycles. The quantitative estimate of drug-likeness (QED) is 0.659. The van der Waals surface area contributed by atoms with Gasteiger partial charge in [0, 0.05) is 25.7 Å². The molecule has 0 aliphatic carbocycles. The molecular weight excluding hydrogens is 356 g/mol. The van der Waals surface area contributed by atoms with Gasteiger partial charge in [0.2, 0.25) is 0 Å². The van der Waals surface area contributed by atoms with Gasteiger partial charge in [-0.3, -0.25) is 25.0 Å². The smallest absolute Gasteiger partial charge is 0.287 e. The molecule has 0 unspecified atom stereocenters. The van der Waals surface area contributed by atoms with Crippen LogP contribution in [0.3, 0.4) is 0 Å². The molecule has 2 amide bonds. The Morgan fingerprint density at radius 2 is 2.04 bits per heavy atom. The van der Waals surface area contributed by atoms with E-state index >= 15 is 0 Å². The molecule has 1 heterocycles. The van der Waals surface area contributed by atoms with E-state index in [0.29, 0.717) is 10.6 Å². The Labute approximate surface area is 146 Å². The van der Waals surface area contributed by atoms with Crippen molar-refractivity contribution in [3.8, 4) is 0 Å². The predicted molar refractivity (Wildman–Crippen MR) is 90.9 cm³/mol. The minimum atomic E-state index is -0.632. The van der Waals surface area contributed by atoms with E-state index in [4.69, 9.17) is 11.6 Å². The van der Waals surface area contributed by atoms with Gasteiger partial charge in [0.05, 0.1) is 10.6 Å². The lowest BCUT2D eigenvalue weighted by atomic mass is 10.2. The molecule has 0 fully saturated rings. The fourth-order valence-corrected chi connectivity index (χ4v) is 3.05. The lowest BCUT2D eigenvalue weighted by Gasteiger charge is -2.07. The second-order valence-electron chi connectivity index (χ2n) is 5.01. The summed E-state index contributed by atoms with van der Waals surface area (Å²) in [5.41, 5.74) is 0.381. The number of nitro benzene ring substituents is 1. The van der Waals surface area contributed by atoms with Gasteiger partial charge in [-0.1, -0.05) is 22.9 Å². The molecule has 1 N–H and O–H groups in total. The van der Waals surface area contributed by atoms with Crippen LogP contribution in [0.15, 0.2) is 18.2 Å². The molecule has 24 heavy (non-hydrogen) atoms. The van der Waals surface area contributed by atoms with Crippen molar-refractivity contribution in [1.29, 1.82) is 0 Å². The summed E-state index contributed by atoms with van der Waals surface area (Å²) >= 11 is 6.85. The minimum absolute atomic E-state index is 0.133. The number of aryl methyl sites for hydroxylation is 1. The van der Waals surface area contributed by atoms with Gasteiger partial charge in [0.1, 0.15) is 9.90 Å². The van der Waals surface area contributed by atoms with Crippen LogP contribution in [0.4, 0.5) is 10.8 Å². The number of amides is 2. The molecule has 0 saturated carbocycles. The number of hydrogen-bond acceptors (Lipinski definition) is 6. The minimum Gasteiger partial charge on any atom is -0.344 e. The van der Waals surface area contributed by atoms with Crippen LogP contribution in [0.1, 0.15) is 25.7 Å². The third-order valence-corrected chi connectivity index (χ3v) is 4.39. The van der Waals surface area contributed by atoms with Crippen molar-refractivity contribution < 1.29 is 14.5 Å². The van der Waals surface area contributed by atoms with Gasteiger partial charge in [-0.2, -0.15) is 0 Å². The maximum atomic E-state index is 12.2. The molecule has 0 spiro atoms. The number of nitrogens with one attached hydrogen (secondary N) is 1. The first-order valence-electron chi connectivity index (χ1n) is 6.65. The first-order chi connectivity index (χ1) is 11.2. The summed E-state index contributed by atoms with van der Waals surface area (Å²) in [6.07, 6.45) is 0. The number of nitro groups is 1. The lowest BCUT2D eigenvalue weighted by Crippen LogP contribution is -2.21. The summed E-state index contributed by atoms with van der Waals surface area (Å²) in [6, 6.07) is 3.67. The van der Waals surface area contributed by atoms with Crippen molar-refractivity contribution in [2.75, 3.05) is 19.4 Å². The van der Waals surface area contributed by atoms with Crippen LogP contribution in [0.5, 0.6) is 0 Å². The average Bonchev–Trinajstić information content (AvgIpc) is 2.86. The average molecular weight is 369 g/mol. The number of benzene rings is 1. The molecule has 0 aliphatic rings. The molecule has 0 radical (unpaired) electrons. The Bertz CT molecular complexity index is 834. The molecule has 126 valence electrons. The Hall–Kier alpha value is -2.52. The molecule has 0 aliphatic heterocycles. The second-order valence-corrected chi connectivity index (χ2v) is 6.42. The van der Waals surface area contributed by atoms with E-state index in [1.54, 1.807) is 21.0 Å². The maximum absolute atomic E-state index is 12.2. The monoisotopic (exact) mass is 368 g/mol. The standard InChI is InChI=1S/C14H13ClN4O4S/c1-7-11(13(21)18(2)3)24-14(16-7)17-12(20)8-4-5-10(19(22)23)9(15)6-8/h4-6H,1-3H3,(H,16,17,20). The zero-order valence-electron chi connectivity index (χ0n) is 13.0. The number of anilines is 1. The Morgan fingerprint density at radius 3 is 2.58 bits per heavy atom. The molecule has 10 heteroatoms. The van der Waals surface area contributed by atoms with Crippen LogP contribution in [0.25, 0.3) is 0 Å². The molecule has 8 nitrogen and oxygen atoms in total. The lowest BCUT2D eigenvalue weighted by molar-refractivity contribution is -0.384. The third kappa shape index (κ3) is 3.69. The number of nitrogens with zero attached hydrogens (tertiary/aromatic N) is 3. The largest absolute Gasteiger partial charge is 0.344 e. The van der Waals surface area contributed by atoms with Gasteiger partial charge >= 0.3 is 0 Å². The van der Waals surface area contributed by atoms with E-state index < -0.39 is 10.8 Å². The fourth-order valence-electron chi connectivity index (χ4n) is 1.82. The first-order valence-corrected chi connectivity index (χ1v) is 7.84. The van der Waals surface area contributed by atoms with Gasteiger partial charge in [0.15, 0.2) is 5.13 Å². The van der Waals surface area contributed by atoms with Crippen molar-refractivity contribution in [3.63, 3.8) is 0 Å². The Kier molecular flexibility index (Phi) is 5.15. The molecule has 0 atom stereocenters. The van der Waals surface area contributed by atoms with Crippen molar-refractivity contribution >= 4 is 45.6 Å². The van der Waals surface area contributed by atoms with Crippen LogP contribution < -0.4 is 5.32 Å². The Balaban J connectivity index is 2.21. The van der Waals surface area contributed by atoms with Crippen LogP contribution in [0, 0.1) is 17.0 Å². The third-order valence-electron chi connectivity index (χ3n) is 3.02. The van der Waals surface area contributed by atoms with Crippen molar-refractivity contribution in [1.82, 2.24) is 9.88 Å². The zero-order chi connectivity index (χ0) is 18.0. The maximum Gasteiger partial charge on any atom is 0.287 e. The molecular formula is C14H13ClN4O4S. The van der Waals surface area contributed by atoms with Crippen molar-refractivity contribution in [3.05, 3.63) is 49.5 Å². The SMILES string of the molecule is Cc1nc(NC(=O)c2ccc([N+](=O)[O-])c(Cl)c2)sc1C(=O)N(C)C. The zero-order valence-corrected chi connectivity index (χ0v) is 14.6. The van der Waals surface area contributed by atoms with E-state index in [-0.39, 0.29) is 27.3 Å². The van der Waals surface area contributed by atoms with Crippen LogP contribution in [-0.4, -0.2) is 40.7 Å². The van der Waals surface area contributed by atoms with Crippen LogP contribution in [-0.2, 0) is 0 Å². The molecule has 2 rings (SSSR count). The number of rotatable bonds is 4. The summed E-state index contributed by atoms with van der Waals surface area (Å²) in [5.74, 6) is -0.728. The van der Waals surface area contributed by atoms with Gasteiger partial charge in [-0.15, -0.1) is 0 Å². The highest BCUT2D eigenvalue weighted by atomic mass is 35.5. The Morgan fingerprint density at radius 1 is 1.38 bits per heavy atom. The number of aromatic nitrogens is 1. The highest BCUT2D eigenvalue weighted by molar-refractivity contribution is 7.17. The first kappa shape index (κ1) is 17.8. The summed E-state index contributed by atoms with van der Waals surface area (Å²) in [4.78, 5) is 40.3. The molecule has 0 saturated heterocycles. The second kappa shape index (κ2) is 6.93. The molecule has 2 aromatic rings. The van der Waals surface area contributed by atoms with Gasteiger partial charge in [0.25, 0.3) is 17.5 Å². The molecule has 1 aromatic heterocycles. The molecule has 0 bridgehead atoms. The highest BCUT2D eigenvalue weighted by Crippen LogP contribution is 2.27.